The van der Waals surface area contributed by atoms with Crippen molar-refractivity contribution in [3.8, 4) is 11.4 Å². The zero-order valence-electron chi connectivity index (χ0n) is 12.4. The number of carboxylic acid groups (broad SMARTS) is 1. The van der Waals surface area contributed by atoms with Crippen molar-refractivity contribution in [2.24, 2.45) is 0 Å². The van der Waals surface area contributed by atoms with Crippen LogP contribution in [0.25, 0.3) is 21.6 Å². The average molecular weight is 329 g/mol. The van der Waals surface area contributed by atoms with Crippen LogP contribution in [0.1, 0.15) is 4.88 Å². The molecule has 1 atom stereocenters. The lowest BCUT2D eigenvalue weighted by atomic mass is 10.2. The molecule has 0 bridgehead atoms. The molecule has 0 aliphatic rings. The smallest absolute Gasteiger partial charge is 0.328 e. The first-order chi connectivity index (χ1) is 11.1. The van der Waals surface area contributed by atoms with E-state index in [0.717, 1.165) is 20.7 Å². The molecule has 0 saturated carbocycles. The minimum atomic E-state index is -1.13. The molecule has 3 aromatic rings. The standard InChI is InChI=1S/C16H15N3O3S/c1-9-7-11-14(17-12(8-20)16(21)22)18-13(19-15(11)23-9)10-5-3-2-4-6-10/h2-7,12,20H,8H2,1H3,(H,21,22)(H,17,18,19). The highest BCUT2D eigenvalue weighted by Gasteiger charge is 2.19. The molecule has 0 spiro atoms. The summed E-state index contributed by atoms with van der Waals surface area (Å²) in [4.78, 5) is 22.0. The van der Waals surface area contributed by atoms with Crippen LogP contribution in [-0.2, 0) is 4.79 Å². The van der Waals surface area contributed by atoms with Crippen LogP contribution >= 0.6 is 11.3 Å². The van der Waals surface area contributed by atoms with Gasteiger partial charge in [0.2, 0.25) is 0 Å². The fourth-order valence-corrected chi connectivity index (χ4v) is 3.10. The molecule has 1 unspecified atom stereocenters. The Hall–Kier alpha value is -2.51. The molecule has 6 nitrogen and oxygen atoms in total. The van der Waals surface area contributed by atoms with Crippen LogP contribution in [0.3, 0.4) is 0 Å². The van der Waals surface area contributed by atoms with Gasteiger partial charge in [-0.25, -0.2) is 14.8 Å². The molecule has 0 saturated heterocycles. The molecule has 3 N–H and O–H groups in total. The fraction of sp³-hybridized carbons (Fsp3) is 0.188. The van der Waals surface area contributed by atoms with Crippen molar-refractivity contribution in [3.63, 3.8) is 0 Å². The third-order valence-electron chi connectivity index (χ3n) is 3.34. The highest BCUT2D eigenvalue weighted by atomic mass is 32.1. The van der Waals surface area contributed by atoms with Gasteiger partial charge >= 0.3 is 5.97 Å². The number of anilines is 1. The Morgan fingerprint density at radius 1 is 1.30 bits per heavy atom. The van der Waals surface area contributed by atoms with Gasteiger partial charge < -0.3 is 15.5 Å². The Bertz CT molecular complexity index is 848. The first-order valence-electron chi connectivity index (χ1n) is 7.02. The Kier molecular flexibility index (Phi) is 4.22. The molecule has 0 aliphatic carbocycles. The maximum Gasteiger partial charge on any atom is 0.328 e. The lowest BCUT2D eigenvalue weighted by molar-refractivity contribution is -0.138. The van der Waals surface area contributed by atoms with E-state index >= 15 is 0 Å². The maximum atomic E-state index is 11.2. The van der Waals surface area contributed by atoms with E-state index in [1.54, 1.807) is 0 Å². The second-order valence-electron chi connectivity index (χ2n) is 5.06. The fourth-order valence-electron chi connectivity index (χ4n) is 2.22. The minimum absolute atomic E-state index is 0.416. The van der Waals surface area contributed by atoms with Crippen LogP contribution in [0.15, 0.2) is 36.4 Å². The number of carboxylic acids is 1. The Labute approximate surface area is 136 Å². The second-order valence-corrected chi connectivity index (χ2v) is 6.29. The summed E-state index contributed by atoms with van der Waals surface area (Å²) in [7, 11) is 0. The molecule has 2 aromatic heterocycles. The van der Waals surface area contributed by atoms with Gasteiger partial charge in [0.25, 0.3) is 0 Å². The largest absolute Gasteiger partial charge is 0.480 e. The van der Waals surface area contributed by atoms with E-state index in [4.69, 9.17) is 5.11 Å². The van der Waals surface area contributed by atoms with E-state index in [2.05, 4.69) is 15.3 Å². The van der Waals surface area contributed by atoms with E-state index in [1.807, 2.05) is 43.3 Å². The number of hydrogen-bond donors (Lipinski definition) is 3. The van der Waals surface area contributed by atoms with Gasteiger partial charge in [-0.2, -0.15) is 0 Å². The summed E-state index contributed by atoms with van der Waals surface area (Å²) in [6, 6.07) is 10.3. The maximum absolute atomic E-state index is 11.2. The molecular formula is C16H15N3O3S. The first kappa shape index (κ1) is 15.4. The predicted molar refractivity (Wildman–Crippen MR) is 89.7 cm³/mol. The topological polar surface area (TPSA) is 95.3 Å². The van der Waals surface area contributed by atoms with Gasteiger partial charge in [0.1, 0.15) is 16.7 Å². The number of aryl methyl sites for hydroxylation is 1. The van der Waals surface area contributed by atoms with Crippen LogP contribution < -0.4 is 5.32 Å². The Morgan fingerprint density at radius 2 is 2.04 bits per heavy atom. The van der Waals surface area contributed by atoms with Crippen LogP contribution in [0.2, 0.25) is 0 Å². The molecule has 3 rings (SSSR count). The summed E-state index contributed by atoms with van der Waals surface area (Å²) in [5, 5.41) is 21.9. The van der Waals surface area contributed by atoms with E-state index in [1.165, 1.54) is 11.3 Å². The number of aromatic nitrogens is 2. The number of aliphatic carboxylic acids is 1. The summed E-state index contributed by atoms with van der Waals surface area (Å²) in [6.45, 7) is 1.43. The number of nitrogens with zero attached hydrogens (tertiary/aromatic N) is 2. The van der Waals surface area contributed by atoms with E-state index in [-0.39, 0.29) is 0 Å². The quantitative estimate of drug-likeness (QED) is 0.666. The van der Waals surface area contributed by atoms with Crippen LogP contribution in [0.5, 0.6) is 0 Å². The predicted octanol–water partition coefficient (Wildman–Crippen LogP) is 2.52. The number of nitrogens with one attached hydrogen (secondary N) is 1. The van der Waals surface area contributed by atoms with Gasteiger partial charge in [-0.05, 0) is 13.0 Å². The summed E-state index contributed by atoms with van der Waals surface area (Å²) in [5.74, 6) is -0.198. The van der Waals surface area contributed by atoms with Crippen molar-refractivity contribution < 1.29 is 15.0 Å². The van der Waals surface area contributed by atoms with Crippen LogP contribution in [0, 0.1) is 6.92 Å². The number of thiophene rings is 1. The molecule has 0 radical (unpaired) electrons. The number of hydrogen-bond acceptors (Lipinski definition) is 6. The number of aliphatic hydroxyl groups excluding tert-OH is 1. The van der Waals surface area contributed by atoms with Crippen molar-refractivity contribution in [2.75, 3.05) is 11.9 Å². The number of carbonyl (C=O) groups is 1. The highest BCUT2D eigenvalue weighted by Crippen LogP contribution is 2.31. The molecule has 23 heavy (non-hydrogen) atoms. The van der Waals surface area contributed by atoms with Gasteiger partial charge in [0.05, 0.1) is 12.0 Å². The molecule has 0 amide bonds. The zero-order chi connectivity index (χ0) is 16.4. The third-order valence-corrected chi connectivity index (χ3v) is 4.28. The second kappa shape index (κ2) is 6.31. The van der Waals surface area contributed by atoms with Crippen molar-refractivity contribution in [3.05, 3.63) is 41.3 Å². The number of aliphatic hydroxyl groups is 1. The van der Waals surface area contributed by atoms with Crippen molar-refractivity contribution >= 4 is 33.3 Å². The van der Waals surface area contributed by atoms with Gasteiger partial charge in [-0.15, -0.1) is 11.3 Å². The molecule has 7 heteroatoms. The number of fused-ring (bicyclic) bond motifs is 1. The molecule has 0 aliphatic heterocycles. The summed E-state index contributed by atoms with van der Waals surface area (Å²) >= 11 is 1.52. The van der Waals surface area contributed by atoms with Crippen LogP contribution in [-0.4, -0.2) is 38.8 Å². The Morgan fingerprint density at radius 3 is 2.70 bits per heavy atom. The van der Waals surface area contributed by atoms with Crippen molar-refractivity contribution in [2.45, 2.75) is 13.0 Å². The lowest BCUT2D eigenvalue weighted by Gasteiger charge is -2.14. The third kappa shape index (κ3) is 3.15. The normalized spacial score (nSPS) is 12.3. The van der Waals surface area contributed by atoms with E-state index < -0.39 is 18.6 Å². The first-order valence-corrected chi connectivity index (χ1v) is 7.84. The SMILES string of the molecule is Cc1cc2c(NC(CO)C(=O)O)nc(-c3ccccc3)nc2s1. The van der Waals surface area contributed by atoms with Crippen molar-refractivity contribution in [1.29, 1.82) is 0 Å². The molecule has 118 valence electrons. The van der Waals surface area contributed by atoms with Gasteiger partial charge in [0.15, 0.2) is 5.82 Å². The van der Waals surface area contributed by atoms with Crippen molar-refractivity contribution in [1.82, 2.24) is 9.97 Å². The number of benzene rings is 1. The van der Waals surface area contributed by atoms with Gasteiger partial charge in [0, 0.05) is 10.4 Å². The van der Waals surface area contributed by atoms with Gasteiger partial charge in [-0.1, -0.05) is 30.3 Å². The monoisotopic (exact) mass is 329 g/mol. The Balaban J connectivity index is 2.12. The average Bonchev–Trinajstić information content (AvgIpc) is 2.93. The highest BCUT2D eigenvalue weighted by molar-refractivity contribution is 7.18. The summed E-state index contributed by atoms with van der Waals surface area (Å²) < 4.78 is 0. The minimum Gasteiger partial charge on any atom is -0.480 e. The number of rotatable bonds is 5. The molecule has 1 aromatic carbocycles. The zero-order valence-corrected chi connectivity index (χ0v) is 13.2. The summed E-state index contributed by atoms with van der Waals surface area (Å²) in [6.07, 6.45) is 0. The lowest BCUT2D eigenvalue weighted by Crippen LogP contribution is -2.33. The molecular weight excluding hydrogens is 314 g/mol. The molecule has 2 heterocycles. The van der Waals surface area contributed by atoms with Gasteiger partial charge in [-0.3, -0.25) is 0 Å². The van der Waals surface area contributed by atoms with E-state index in [9.17, 15) is 9.90 Å². The van der Waals surface area contributed by atoms with Crippen LogP contribution in [0.4, 0.5) is 5.82 Å². The van der Waals surface area contributed by atoms with E-state index in [0.29, 0.717) is 11.6 Å². The summed E-state index contributed by atoms with van der Waals surface area (Å²) in [5.41, 5.74) is 0.847. The molecule has 0 fully saturated rings.